The fourth-order valence-corrected chi connectivity index (χ4v) is 6.69. The second-order valence-electron chi connectivity index (χ2n) is 15.8. The lowest BCUT2D eigenvalue weighted by Gasteiger charge is -2.37. The topological polar surface area (TPSA) is 138 Å². The first-order chi connectivity index (χ1) is 29.5. The molecule has 13 nitrogen and oxygen atoms in total. The van der Waals surface area contributed by atoms with E-state index in [1.807, 2.05) is 52.9 Å². The van der Waals surface area contributed by atoms with Gasteiger partial charge >= 0.3 is 12.3 Å². The normalized spacial score (nSPS) is 14.3. The Labute approximate surface area is 363 Å². The van der Waals surface area contributed by atoms with Crippen LogP contribution >= 0.6 is 0 Å². The Morgan fingerprint density at radius 2 is 1.39 bits per heavy atom. The van der Waals surface area contributed by atoms with E-state index in [1.54, 1.807) is 17.2 Å². The fourth-order valence-electron chi connectivity index (χ4n) is 6.69. The number of aldehydes is 2. The fraction of sp³-hybridized carbons (Fsp3) is 0.457. The minimum atomic E-state index is -4.64. The molecule has 2 saturated heterocycles. The number of piperazine rings is 2. The zero-order valence-electron chi connectivity index (χ0n) is 36.8. The van der Waals surface area contributed by atoms with E-state index in [0.29, 0.717) is 32.0 Å². The average molecular weight is 864 g/mol. The molecule has 0 aliphatic carbocycles. The molecule has 2 N–H and O–H groups in total. The molecule has 2 aromatic carbocycles. The van der Waals surface area contributed by atoms with Crippen LogP contribution in [0.2, 0.25) is 0 Å². The molecule has 16 heteroatoms. The maximum absolute atomic E-state index is 12.4. The van der Waals surface area contributed by atoms with Gasteiger partial charge in [0.15, 0.2) is 6.29 Å². The lowest BCUT2D eigenvalue weighted by atomic mass is 10.0. The number of alkyl halides is 3. The lowest BCUT2D eigenvalue weighted by Crippen LogP contribution is -2.50. The predicted molar refractivity (Wildman–Crippen MR) is 236 cm³/mol. The van der Waals surface area contributed by atoms with Gasteiger partial charge in [-0.2, -0.15) is 13.2 Å². The van der Waals surface area contributed by atoms with Crippen molar-refractivity contribution in [2.75, 3.05) is 80.7 Å². The van der Waals surface area contributed by atoms with E-state index in [4.69, 9.17) is 19.0 Å². The van der Waals surface area contributed by atoms with Gasteiger partial charge in [0.2, 0.25) is 12.6 Å². The summed E-state index contributed by atoms with van der Waals surface area (Å²) in [5.41, 5.74) is 9.92. The number of amides is 1. The maximum Gasteiger partial charge on any atom is 0.446 e. The Morgan fingerprint density at radius 1 is 0.774 bits per heavy atom. The van der Waals surface area contributed by atoms with Crippen molar-refractivity contribution in [2.24, 2.45) is 0 Å². The molecule has 0 spiro atoms. The lowest BCUT2D eigenvalue weighted by molar-refractivity contribution is -0.156. The maximum atomic E-state index is 12.4. The van der Waals surface area contributed by atoms with E-state index < -0.39 is 24.4 Å². The van der Waals surface area contributed by atoms with Crippen molar-refractivity contribution in [3.63, 3.8) is 0 Å². The van der Waals surface area contributed by atoms with Crippen molar-refractivity contribution >= 4 is 41.4 Å². The quantitative estimate of drug-likeness (QED) is 0.105. The smallest absolute Gasteiger partial charge is 0.444 e. The average Bonchev–Trinajstić information content (AvgIpc) is 3.24. The Bertz CT molecular complexity index is 2010. The van der Waals surface area contributed by atoms with E-state index in [2.05, 4.69) is 86.7 Å². The minimum absolute atomic E-state index is 0.232. The van der Waals surface area contributed by atoms with Crippen LogP contribution < -0.4 is 20.4 Å². The van der Waals surface area contributed by atoms with Gasteiger partial charge in [0.1, 0.15) is 11.3 Å². The molecule has 2 fully saturated rings. The molecular formula is C46H60F3N7O6. The molecule has 62 heavy (non-hydrogen) atoms. The highest BCUT2D eigenvalue weighted by molar-refractivity contribution is 5.73. The number of pyridine rings is 2. The zero-order chi connectivity index (χ0) is 45.3. The zero-order valence-corrected chi connectivity index (χ0v) is 36.8. The first-order valence-electron chi connectivity index (χ1n) is 20.8. The van der Waals surface area contributed by atoms with Gasteiger partial charge in [0, 0.05) is 88.8 Å². The van der Waals surface area contributed by atoms with Crippen LogP contribution in [0.4, 0.5) is 40.7 Å². The Balaban J connectivity index is 0.000000257. The van der Waals surface area contributed by atoms with Gasteiger partial charge in [-0.25, -0.2) is 4.79 Å². The molecule has 0 radical (unpaired) electrons. The summed E-state index contributed by atoms with van der Waals surface area (Å²) in [6, 6.07) is 20.8. The summed E-state index contributed by atoms with van der Waals surface area (Å²) >= 11 is 0. The van der Waals surface area contributed by atoms with Gasteiger partial charge in [-0.15, -0.1) is 0 Å². The number of aryl methyl sites for hydroxylation is 2. The molecule has 6 rings (SSSR count). The number of benzene rings is 2. The van der Waals surface area contributed by atoms with Crippen LogP contribution in [0.1, 0.15) is 79.3 Å². The molecule has 2 aliphatic heterocycles. The number of carbonyl (C=O) groups excluding carboxylic acids is 3. The monoisotopic (exact) mass is 863 g/mol. The summed E-state index contributed by atoms with van der Waals surface area (Å²) in [6.45, 7) is 22.0. The molecule has 0 unspecified atom stereocenters. The number of nitrogens with zero attached hydrogens (tertiary/aromatic N) is 5. The highest BCUT2D eigenvalue weighted by atomic mass is 19.4. The van der Waals surface area contributed by atoms with E-state index in [0.717, 1.165) is 74.6 Å². The van der Waals surface area contributed by atoms with Crippen molar-refractivity contribution in [1.29, 1.82) is 0 Å². The first kappa shape index (κ1) is 49.1. The third-order valence-corrected chi connectivity index (χ3v) is 9.43. The number of hydrogen-bond acceptors (Lipinski definition) is 12. The van der Waals surface area contributed by atoms with Gasteiger partial charge in [0.25, 0.3) is 0 Å². The predicted octanol–water partition coefficient (Wildman–Crippen LogP) is 8.21. The second kappa shape index (κ2) is 23.6. The SMILES string of the molecule is CCOC(OCC)c1ccc(Cc2cc(C)cc(N3CCN(C(=O)OC(C)(C)C)CC3)c2)cn1.Cc1cc(Nc2ccc(C=O)nc2)cc(N2CCNCC2)c1.O=CC(F)(F)F. The highest BCUT2D eigenvalue weighted by Crippen LogP contribution is 2.26. The van der Waals surface area contributed by atoms with Crippen molar-refractivity contribution in [1.82, 2.24) is 20.2 Å². The third kappa shape index (κ3) is 16.7. The minimum Gasteiger partial charge on any atom is -0.444 e. The summed E-state index contributed by atoms with van der Waals surface area (Å²) in [4.78, 5) is 46.9. The Kier molecular flexibility index (Phi) is 18.7. The van der Waals surface area contributed by atoms with Crippen LogP contribution in [0.3, 0.4) is 0 Å². The molecular weight excluding hydrogens is 804 g/mol. The molecule has 4 heterocycles. The Morgan fingerprint density at radius 3 is 1.92 bits per heavy atom. The molecule has 1 amide bonds. The summed E-state index contributed by atoms with van der Waals surface area (Å²) < 4.78 is 48.1. The molecule has 2 aromatic heterocycles. The number of nitrogens with one attached hydrogen (secondary N) is 2. The summed E-state index contributed by atoms with van der Waals surface area (Å²) in [7, 11) is 0. The van der Waals surface area contributed by atoms with Crippen molar-refractivity contribution in [3.05, 3.63) is 107 Å². The van der Waals surface area contributed by atoms with Crippen molar-refractivity contribution in [3.8, 4) is 0 Å². The number of hydrogen-bond donors (Lipinski definition) is 2. The van der Waals surface area contributed by atoms with Crippen LogP contribution in [-0.2, 0) is 25.4 Å². The van der Waals surface area contributed by atoms with Crippen LogP contribution in [0.5, 0.6) is 0 Å². The van der Waals surface area contributed by atoms with Crippen molar-refractivity contribution < 1.29 is 41.8 Å². The third-order valence-electron chi connectivity index (χ3n) is 9.43. The molecule has 0 saturated carbocycles. The van der Waals surface area contributed by atoms with Gasteiger partial charge < -0.3 is 39.5 Å². The number of anilines is 4. The number of aromatic nitrogens is 2. The molecule has 0 bridgehead atoms. The summed E-state index contributed by atoms with van der Waals surface area (Å²) in [5, 5.41) is 6.73. The van der Waals surface area contributed by atoms with Crippen LogP contribution in [-0.4, -0.2) is 111 Å². The molecule has 0 atom stereocenters. The molecule has 2 aliphatic rings. The summed E-state index contributed by atoms with van der Waals surface area (Å²) in [6.07, 6.45) is -1.23. The number of carbonyl (C=O) groups is 3. The number of halogens is 3. The van der Waals surface area contributed by atoms with Gasteiger partial charge in [-0.05, 0) is 126 Å². The van der Waals surface area contributed by atoms with Crippen LogP contribution in [0, 0.1) is 13.8 Å². The molecule has 336 valence electrons. The summed E-state index contributed by atoms with van der Waals surface area (Å²) in [5.74, 6) is 0. The standard InChI is InChI=1S/C27H39N3O4.C17H20N4O.C2HF3O/c1-7-32-25(33-8-2)24-10-9-21(19-28-24)17-22-15-20(3)16-23(18-22)29-11-13-30(14-12-29)26(31)34-27(4,5)6;1-13-8-16(20-14-2-3-15(12-22)19-11-14)10-17(9-13)21-6-4-18-5-7-21;3-2(4,5)1-6/h9-10,15-16,18-19,25H,7-8,11-14,17H2,1-6H3;2-3,8-12,18,20H,4-7H2,1H3;1H. The number of ether oxygens (including phenoxy) is 3. The van der Waals surface area contributed by atoms with E-state index in [1.165, 1.54) is 28.1 Å². The second-order valence-corrected chi connectivity index (χ2v) is 15.8. The highest BCUT2D eigenvalue weighted by Gasteiger charge is 2.27. The van der Waals surface area contributed by atoms with Gasteiger partial charge in [-0.3, -0.25) is 19.6 Å². The van der Waals surface area contributed by atoms with Gasteiger partial charge in [0.05, 0.1) is 17.6 Å². The van der Waals surface area contributed by atoms with E-state index in [9.17, 15) is 22.8 Å². The molecule has 4 aromatic rings. The van der Waals surface area contributed by atoms with Crippen LogP contribution in [0.15, 0.2) is 73.1 Å². The van der Waals surface area contributed by atoms with E-state index >= 15 is 0 Å². The van der Waals surface area contributed by atoms with Crippen LogP contribution in [0.25, 0.3) is 0 Å². The van der Waals surface area contributed by atoms with Gasteiger partial charge in [-0.1, -0.05) is 12.1 Å². The number of rotatable bonds is 12. The first-order valence-corrected chi connectivity index (χ1v) is 20.8. The van der Waals surface area contributed by atoms with E-state index in [-0.39, 0.29) is 6.09 Å². The Hall–Kier alpha value is -5.58. The largest absolute Gasteiger partial charge is 0.446 e. The van der Waals surface area contributed by atoms with Crippen molar-refractivity contribution in [2.45, 2.75) is 73.0 Å².